The lowest BCUT2D eigenvalue weighted by atomic mass is 10.2. The number of hydrogen-bond acceptors (Lipinski definition) is 4. The van der Waals surface area contributed by atoms with Crippen molar-refractivity contribution in [3.63, 3.8) is 0 Å². The van der Waals surface area contributed by atoms with Crippen molar-refractivity contribution in [3.05, 3.63) is 53.9 Å². The highest BCUT2D eigenvalue weighted by molar-refractivity contribution is 5.81. The summed E-state index contributed by atoms with van der Waals surface area (Å²) in [5.74, 6) is -1.18. The minimum Gasteiger partial charge on any atom is -0.479 e. The molecule has 21 heavy (non-hydrogen) atoms. The Hall–Kier alpha value is -2.83. The zero-order chi connectivity index (χ0) is 15.2. The summed E-state index contributed by atoms with van der Waals surface area (Å²) in [6.45, 7) is 0.0754. The maximum atomic E-state index is 11.7. The van der Waals surface area contributed by atoms with Gasteiger partial charge in [0.25, 0.3) is 0 Å². The van der Waals surface area contributed by atoms with E-state index in [-0.39, 0.29) is 6.61 Å². The summed E-state index contributed by atoms with van der Waals surface area (Å²) in [4.78, 5) is 22.9. The van der Waals surface area contributed by atoms with E-state index in [1.54, 1.807) is 7.05 Å². The monoisotopic (exact) mass is 289 g/mol. The fourth-order valence-corrected chi connectivity index (χ4v) is 1.76. The molecule has 0 spiro atoms. The lowest BCUT2D eigenvalue weighted by Gasteiger charge is -2.13. The Labute approximate surface area is 121 Å². The predicted octanol–water partition coefficient (Wildman–Crippen LogP) is 1.47. The van der Waals surface area contributed by atoms with Crippen LogP contribution in [0.1, 0.15) is 17.2 Å². The zero-order valence-corrected chi connectivity index (χ0v) is 11.4. The topological polar surface area (TPSA) is 93.5 Å². The lowest BCUT2D eigenvalue weighted by molar-refractivity contribution is -0.139. The number of alkyl carbamates (subject to hydrolysis) is 1. The maximum Gasteiger partial charge on any atom is 0.408 e. The van der Waals surface area contributed by atoms with Gasteiger partial charge in [-0.05, 0) is 5.56 Å². The summed E-state index contributed by atoms with van der Waals surface area (Å²) in [6.07, 6.45) is 2.11. The number of nitrogens with one attached hydrogen (secondary N) is 1. The van der Waals surface area contributed by atoms with Gasteiger partial charge in [-0.25, -0.2) is 9.59 Å². The average Bonchev–Trinajstić information content (AvgIpc) is 2.89. The normalized spacial score (nSPS) is 11.7. The molecule has 0 bridgehead atoms. The van der Waals surface area contributed by atoms with Crippen LogP contribution in [0.15, 0.2) is 42.7 Å². The molecule has 7 heteroatoms. The highest BCUT2D eigenvalue weighted by Crippen LogP contribution is 2.12. The number of carbonyl (C=O) groups excluding carboxylic acids is 1. The molecular weight excluding hydrogens is 274 g/mol. The molecule has 2 rings (SSSR count). The van der Waals surface area contributed by atoms with Crippen LogP contribution in [0.5, 0.6) is 0 Å². The van der Waals surface area contributed by atoms with Crippen molar-refractivity contribution in [3.8, 4) is 0 Å². The second-order valence-electron chi connectivity index (χ2n) is 4.42. The molecular formula is C14H15N3O4. The van der Waals surface area contributed by atoms with Crippen LogP contribution < -0.4 is 5.32 Å². The first-order chi connectivity index (χ1) is 10.1. The maximum absolute atomic E-state index is 11.7. The molecule has 0 saturated heterocycles. The van der Waals surface area contributed by atoms with E-state index in [2.05, 4.69) is 10.4 Å². The summed E-state index contributed by atoms with van der Waals surface area (Å²) < 4.78 is 6.46. The van der Waals surface area contributed by atoms with Crippen molar-refractivity contribution in [2.24, 2.45) is 7.05 Å². The lowest BCUT2D eigenvalue weighted by Crippen LogP contribution is -2.33. The molecule has 0 aliphatic heterocycles. The number of hydrogen-bond donors (Lipinski definition) is 2. The van der Waals surface area contributed by atoms with Crippen LogP contribution in [0.3, 0.4) is 0 Å². The van der Waals surface area contributed by atoms with Gasteiger partial charge in [0.1, 0.15) is 6.61 Å². The van der Waals surface area contributed by atoms with Gasteiger partial charge in [0.05, 0.1) is 6.20 Å². The van der Waals surface area contributed by atoms with E-state index in [0.717, 1.165) is 5.56 Å². The molecule has 1 heterocycles. The Bertz CT molecular complexity index is 624. The Balaban J connectivity index is 1.94. The van der Waals surface area contributed by atoms with Gasteiger partial charge in [-0.3, -0.25) is 4.68 Å². The molecule has 0 fully saturated rings. The van der Waals surface area contributed by atoms with Crippen LogP contribution in [0, 0.1) is 0 Å². The van der Waals surface area contributed by atoms with Crippen molar-refractivity contribution >= 4 is 12.1 Å². The first-order valence-electron chi connectivity index (χ1n) is 6.25. The third-order valence-electron chi connectivity index (χ3n) is 2.78. The zero-order valence-electron chi connectivity index (χ0n) is 11.4. The van der Waals surface area contributed by atoms with Crippen molar-refractivity contribution in [2.45, 2.75) is 12.6 Å². The Morgan fingerprint density at radius 3 is 2.67 bits per heavy atom. The van der Waals surface area contributed by atoms with Gasteiger partial charge < -0.3 is 15.2 Å². The number of benzene rings is 1. The van der Waals surface area contributed by atoms with Crippen LogP contribution >= 0.6 is 0 Å². The summed E-state index contributed by atoms with van der Waals surface area (Å²) in [5, 5.41) is 15.3. The van der Waals surface area contributed by atoms with Crippen LogP contribution in [-0.2, 0) is 23.2 Å². The molecule has 1 atom stereocenters. The van der Waals surface area contributed by atoms with Gasteiger partial charge in [0.2, 0.25) is 0 Å². The van der Waals surface area contributed by atoms with Crippen LogP contribution in [0.2, 0.25) is 0 Å². The highest BCUT2D eigenvalue weighted by atomic mass is 16.5. The van der Waals surface area contributed by atoms with E-state index in [1.807, 2.05) is 30.3 Å². The number of aliphatic carboxylic acids is 1. The van der Waals surface area contributed by atoms with Crippen LogP contribution in [0.25, 0.3) is 0 Å². The molecule has 1 amide bonds. The van der Waals surface area contributed by atoms with Gasteiger partial charge in [0, 0.05) is 18.8 Å². The van der Waals surface area contributed by atoms with Gasteiger partial charge in [0.15, 0.2) is 6.04 Å². The summed E-state index contributed by atoms with van der Waals surface area (Å²) >= 11 is 0. The molecule has 2 N–H and O–H groups in total. The standard InChI is InChI=1S/C14H15N3O4/c1-17-8-11(7-15-17)12(13(18)19)16-14(20)21-9-10-5-3-2-4-6-10/h2-8,12H,9H2,1H3,(H,16,20)(H,18,19). The third kappa shape index (κ3) is 4.07. The second kappa shape index (κ2) is 6.56. The Morgan fingerprint density at radius 1 is 1.38 bits per heavy atom. The van der Waals surface area contributed by atoms with Crippen LogP contribution in [-0.4, -0.2) is 26.9 Å². The number of carboxylic acids is 1. The molecule has 0 aliphatic carbocycles. The summed E-state index contributed by atoms with van der Waals surface area (Å²) in [7, 11) is 1.66. The van der Waals surface area contributed by atoms with Gasteiger partial charge >= 0.3 is 12.1 Å². The van der Waals surface area contributed by atoms with Crippen molar-refractivity contribution in [2.75, 3.05) is 0 Å². The highest BCUT2D eigenvalue weighted by Gasteiger charge is 2.24. The third-order valence-corrected chi connectivity index (χ3v) is 2.78. The fraction of sp³-hybridized carbons (Fsp3) is 0.214. The second-order valence-corrected chi connectivity index (χ2v) is 4.42. The minimum absolute atomic E-state index is 0.0754. The molecule has 7 nitrogen and oxygen atoms in total. The molecule has 0 radical (unpaired) electrons. The quantitative estimate of drug-likeness (QED) is 0.869. The first kappa shape index (κ1) is 14.6. The van der Waals surface area contributed by atoms with E-state index in [4.69, 9.17) is 9.84 Å². The number of carbonyl (C=O) groups is 2. The van der Waals surface area contributed by atoms with E-state index >= 15 is 0 Å². The average molecular weight is 289 g/mol. The molecule has 1 unspecified atom stereocenters. The molecule has 110 valence electrons. The number of aryl methyl sites for hydroxylation is 1. The number of amides is 1. The number of nitrogens with zero attached hydrogens (tertiary/aromatic N) is 2. The molecule has 2 aromatic rings. The van der Waals surface area contributed by atoms with Crippen LogP contribution in [0.4, 0.5) is 4.79 Å². The fourth-order valence-electron chi connectivity index (χ4n) is 1.76. The number of rotatable bonds is 5. The van der Waals surface area contributed by atoms with Crippen molar-refractivity contribution < 1.29 is 19.4 Å². The smallest absolute Gasteiger partial charge is 0.408 e. The first-order valence-corrected chi connectivity index (χ1v) is 6.25. The predicted molar refractivity (Wildman–Crippen MR) is 73.3 cm³/mol. The van der Waals surface area contributed by atoms with E-state index < -0.39 is 18.1 Å². The molecule has 0 saturated carbocycles. The number of carboxylic acid groups (broad SMARTS) is 1. The van der Waals surface area contributed by atoms with Gasteiger partial charge in [-0.15, -0.1) is 0 Å². The molecule has 0 aliphatic rings. The molecule has 1 aromatic carbocycles. The van der Waals surface area contributed by atoms with Crippen molar-refractivity contribution in [1.29, 1.82) is 0 Å². The Morgan fingerprint density at radius 2 is 2.10 bits per heavy atom. The van der Waals surface area contributed by atoms with Crippen molar-refractivity contribution in [1.82, 2.24) is 15.1 Å². The Kier molecular flexibility index (Phi) is 4.55. The minimum atomic E-state index is -1.19. The number of aromatic nitrogens is 2. The van der Waals surface area contributed by atoms with E-state index in [1.165, 1.54) is 17.1 Å². The largest absolute Gasteiger partial charge is 0.479 e. The van der Waals surface area contributed by atoms with Gasteiger partial charge in [-0.1, -0.05) is 30.3 Å². The van der Waals surface area contributed by atoms with E-state index in [0.29, 0.717) is 5.56 Å². The summed E-state index contributed by atoms with van der Waals surface area (Å²) in [6, 6.07) is 7.93. The molecule has 1 aromatic heterocycles. The van der Waals surface area contributed by atoms with Gasteiger partial charge in [-0.2, -0.15) is 5.10 Å². The van der Waals surface area contributed by atoms with E-state index in [9.17, 15) is 9.59 Å². The number of ether oxygens (including phenoxy) is 1. The SMILES string of the molecule is Cn1cc(C(NC(=O)OCc2ccccc2)C(=O)O)cn1. The summed E-state index contributed by atoms with van der Waals surface area (Å²) in [5.41, 5.74) is 1.20.